The fraction of sp³-hybridized carbons (Fsp3) is 1.00. The van der Waals surface area contributed by atoms with Crippen molar-refractivity contribution in [2.75, 3.05) is 33.0 Å². The second-order valence-corrected chi connectivity index (χ2v) is 8.83. The molecule has 2 rings (SSSR count). The van der Waals surface area contributed by atoms with E-state index in [2.05, 4.69) is 6.92 Å². The molecule has 1 unspecified atom stereocenters. The molecule has 4 atom stereocenters. The summed E-state index contributed by atoms with van der Waals surface area (Å²) in [5, 5.41) is 0. The van der Waals surface area contributed by atoms with Crippen LogP contribution >= 0.6 is 7.60 Å². The SMILES string of the molecule is CCCCCO[P@@](C)(=O)OC[C@@H]1CCC[NH+]2CCCC[C@H]12. The Morgan fingerprint density at radius 3 is 2.71 bits per heavy atom. The summed E-state index contributed by atoms with van der Waals surface area (Å²) in [6, 6.07) is 0.729. The van der Waals surface area contributed by atoms with Crippen molar-refractivity contribution >= 4 is 7.60 Å². The fourth-order valence-electron chi connectivity index (χ4n) is 3.83. The van der Waals surface area contributed by atoms with Crippen molar-refractivity contribution in [2.24, 2.45) is 5.92 Å². The zero-order valence-electron chi connectivity index (χ0n) is 13.8. The van der Waals surface area contributed by atoms with Crippen molar-refractivity contribution < 1.29 is 18.5 Å². The molecule has 0 aromatic rings. The summed E-state index contributed by atoms with van der Waals surface area (Å²) >= 11 is 0. The van der Waals surface area contributed by atoms with E-state index in [0.717, 1.165) is 25.3 Å². The molecule has 2 aliphatic rings. The normalized spacial score (nSPS) is 32.4. The Morgan fingerprint density at radius 2 is 1.90 bits per heavy atom. The smallest absolute Gasteiger partial charge is 0.327 e. The molecule has 0 saturated carbocycles. The van der Waals surface area contributed by atoms with Crippen molar-refractivity contribution in [1.82, 2.24) is 0 Å². The lowest BCUT2D eigenvalue weighted by Crippen LogP contribution is -3.18. The van der Waals surface area contributed by atoms with E-state index in [1.807, 2.05) is 0 Å². The zero-order valence-corrected chi connectivity index (χ0v) is 14.7. The van der Waals surface area contributed by atoms with Gasteiger partial charge in [-0.15, -0.1) is 0 Å². The lowest BCUT2D eigenvalue weighted by atomic mass is 9.84. The van der Waals surface area contributed by atoms with Gasteiger partial charge in [-0.05, 0) is 38.5 Å². The number of hydrogen-bond donors (Lipinski definition) is 1. The summed E-state index contributed by atoms with van der Waals surface area (Å²) in [6.45, 7) is 7.61. The van der Waals surface area contributed by atoms with E-state index in [4.69, 9.17) is 9.05 Å². The molecule has 1 N–H and O–H groups in total. The highest BCUT2D eigenvalue weighted by molar-refractivity contribution is 7.52. The van der Waals surface area contributed by atoms with Crippen LogP contribution in [0.5, 0.6) is 0 Å². The Kier molecular flexibility index (Phi) is 7.21. The van der Waals surface area contributed by atoms with Gasteiger partial charge in [-0.2, -0.15) is 0 Å². The molecule has 2 aliphatic heterocycles. The Labute approximate surface area is 130 Å². The molecule has 2 fully saturated rings. The van der Waals surface area contributed by atoms with Crippen LogP contribution in [0.15, 0.2) is 0 Å². The summed E-state index contributed by atoms with van der Waals surface area (Å²) in [7, 11) is -2.86. The Bertz CT molecular complexity index is 348. The zero-order chi connectivity index (χ0) is 15.1. The average molecular weight is 318 g/mol. The molecule has 0 amide bonds. The summed E-state index contributed by atoms with van der Waals surface area (Å²) in [5.41, 5.74) is 0. The minimum Gasteiger partial charge on any atom is -0.332 e. The van der Waals surface area contributed by atoms with Gasteiger partial charge in [0, 0.05) is 12.6 Å². The number of hydrogen-bond acceptors (Lipinski definition) is 3. The van der Waals surface area contributed by atoms with Crippen LogP contribution in [0.2, 0.25) is 0 Å². The molecule has 0 aliphatic carbocycles. The largest absolute Gasteiger partial charge is 0.332 e. The molecule has 0 bridgehead atoms. The van der Waals surface area contributed by atoms with Crippen LogP contribution in [0.3, 0.4) is 0 Å². The quantitative estimate of drug-likeness (QED) is 0.552. The molecule has 0 spiro atoms. The number of fused-ring (bicyclic) bond motifs is 1. The average Bonchev–Trinajstić information content (AvgIpc) is 2.50. The molecule has 2 saturated heterocycles. The second-order valence-electron chi connectivity index (χ2n) is 6.77. The molecule has 0 radical (unpaired) electrons. The molecule has 21 heavy (non-hydrogen) atoms. The third-order valence-electron chi connectivity index (χ3n) is 5.03. The first-order valence-corrected chi connectivity index (χ1v) is 10.8. The molecule has 124 valence electrons. The van der Waals surface area contributed by atoms with Gasteiger partial charge in [0.2, 0.25) is 0 Å². The Balaban J connectivity index is 1.74. The van der Waals surface area contributed by atoms with Crippen LogP contribution in [-0.4, -0.2) is 39.0 Å². The molecule has 2 heterocycles. The van der Waals surface area contributed by atoms with E-state index in [1.165, 1.54) is 45.2 Å². The second kappa shape index (κ2) is 8.67. The molecular formula is C16H33NO3P+. The van der Waals surface area contributed by atoms with Gasteiger partial charge in [0.05, 0.1) is 32.3 Å². The maximum atomic E-state index is 12.3. The number of unbranched alkanes of at least 4 members (excludes halogenated alkanes) is 2. The molecule has 4 nitrogen and oxygen atoms in total. The van der Waals surface area contributed by atoms with Crippen molar-refractivity contribution in [1.29, 1.82) is 0 Å². The number of piperidine rings is 2. The predicted molar refractivity (Wildman–Crippen MR) is 86.0 cm³/mol. The third-order valence-corrected chi connectivity index (χ3v) is 6.30. The van der Waals surface area contributed by atoms with Gasteiger partial charge in [-0.1, -0.05) is 19.8 Å². The van der Waals surface area contributed by atoms with Crippen molar-refractivity contribution in [3.05, 3.63) is 0 Å². The van der Waals surface area contributed by atoms with Crippen molar-refractivity contribution in [3.8, 4) is 0 Å². The van der Waals surface area contributed by atoms with Gasteiger partial charge < -0.3 is 13.9 Å². The standard InChI is InChI=1S/C16H32NO3P/c1-3-4-7-13-19-21(2,18)20-14-15-9-8-12-17-11-6-5-10-16(15)17/h15-16H,3-14H2,1-2H3/p+1/t15-,16+,21+/m0/s1. The Morgan fingerprint density at radius 1 is 1.10 bits per heavy atom. The van der Waals surface area contributed by atoms with Gasteiger partial charge >= 0.3 is 7.60 Å². The first-order chi connectivity index (χ1) is 10.1. The van der Waals surface area contributed by atoms with Gasteiger partial charge in [-0.3, -0.25) is 4.57 Å². The highest BCUT2D eigenvalue weighted by Gasteiger charge is 2.37. The minimum absolute atomic E-state index is 0.563. The van der Waals surface area contributed by atoms with E-state index < -0.39 is 7.60 Å². The van der Waals surface area contributed by atoms with Gasteiger partial charge in [0.1, 0.15) is 0 Å². The van der Waals surface area contributed by atoms with Crippen LogP contribution in [0, 0.1) is 5.92 Å². The van der Waals surface area contributed by atoms with E-state index in [-0.39, 0.29) is 0 Å². The first-order valence-electron chi connectivity index (χ1n) is 8.83. The highest BCUT2D eigenvalue weighted by Crippen LogP contribution is 2.45. The van der Waals surface area contributed by atoms with Gasteiger partial charge in [0.15, 0.2) is 0 Å². The lowest BCUT2D eigenvalue weighted by molar-refractivity contribution is -0.940. The van der Waals surface area contributed by atoms with Crippen molar-refractivity contribution in [3.63, 3.8) is 0 Å². The lowest BCUT2D eigenvalue weighted by Gasteiger charge is -2.41. The van der Waals surface area contributed by atoms with Crippen LogP contribution < -0.4 is 4.90 Å². The Hall–Kier alpha value is 0.110. The summed E-state index contributed by atoms with van der Waals surface area (Å²) in [5.74, 6) is 0.571. The summed E-state index contributed by atoms with van der Waals surface area (Å²) in [6.07, 6.45) is 9.80. The van der Waals surface area contributed by atoms with E-state index in [1.54, 1.807) is 11.6 Å². The molecular weight excluding hydrogens is 285 g/mol. The number of rotatable bonds is 8. The van der Waals surface area contributed by atoms with E-state index in [9.17, 15) is 4.57 Å². The van der Waals surface area contributed by atoms with Gasteiger partial charge in [-0.25, -0.2) is 0 Å². The monoisotopic (exact) mass is 318 g/mol. The van der Waals surface area contributed by atoms with Gasteiger partial charge in [0.25, 0.3) is 0 Å². The number of quaternary nitrogens is 1. The highest BCUT2D eigenvalue weighted by atomic mass is 31.2. The third kappa shape index (κ3) is 5.67. The van der Waals surface area contributed by atoms with Crippen LogP contribution in [0.25, 0.3) is 0 Å². The molecule has 0 aromatic heterocycles. The fourth-order valence-corrected chi connectivity index (χ4v) is 4.83. The minimum atomic E-state index is -2.86. The summed E-state index contributed by atoms with van der Waals surface area (Å²) in [4.78, 5) is 1.76. The van der Waals surface area contributed by atoms with E-state index in [0.29, 0.717) is 19.1 Å². The maximum Gasteiger partial charge on any atom is 0.327 e. The maximum absolute atomic E-state index is 12.3. The number of nitrogens with one attached hydrogen (secondary N) is 1. The predicted octanol–water partition coefficient (Wildman–Crippen LogP) is 2.88. The summed E-state index contributed by atoms with van der Waals surface area (Å²) < 4.78 is 23.5. The van der Waals surface area contributed by atoms with Crippen LogP contribution in [0.1, 0.15) is 58.3 Å². The molecule has 5 heteroatoms. The first kappa shape index (κ1) is 17.5. The van der Waals surface area contributed by atoms with E-state index >= 15 is 0 Å². The topological polar surface area (TPSA) is 40.0 Å². The molecule has 0 aromatic carbocycles. The van der Waals surface area contributed by atoms with Crippen molar-refractivity contribution in [2.45, 2.75) is 64.3 Å². The van der Waals surface area contributed by atoms with Crippen LogP contribution in [0.4, 0.5) is 0 Å². The van der Waals surface area contributed by atoms with Crippen LogP contribution in [-0.2, 0) is 13.6 Å².